The average molecular weight is 444 g/mol. The van der Waals surface area contributed by atoms with Crippen molar-refractivity contribution in [3.8, 4) is 17.3 Å². The Balaban J connectivity index is 1.73. The molecule has 0 radical (unpaired) electrons. The van der Waals surface area contributed by atoms with Crippen LogP contribution in [0.25, 0.3) is 11.3 Å². The fourth-order valence-electron chi connectivity index (χ4n) is 2.75. The molecule has 28 heavy (non-hydrogen) atoms. The third kappa shape index (κ3) is 4.43. The van der Waals surface area contributed by atoms with Crippen molar-refractivity contribution in [2.75, 3.05) is 24.2 Å². The second kappa shape index (κ2) is 8.76. The van der Waals surface area contributed by atoms with Gasteiger partial charge in [0.05, 0.1) is 16.9 Å². The van der Waals surface area contributed by atoms with Crippen LogP contribution in [-0.2, 0) is 6.42 Å². The number of halogens is 3. The van der Waals surface area contributed by atoms with E-state index < -0.39 is 11.6 Å². The summed E-state index contributed by atoms with van der Waals surface area (Å²) in [5.74, 6) is -0.637. The lowest BCUT2D eigenvalue weighted by atomic mass is 10.1. The molecule has 1 heterocycles. The Morgan fingerprint density at radius 2 is 1.86 bits per heavy atom. The van der Waals surface area contributed by atoms with E-state index in [1.807, 2.05) is 6.07 Å². The van der Waals surface area contributed by atoms with Crippen molar-refractivity contribution in [1.82, 2.24) is 9.97 Å². The van der Waals surface area contributed by atoms with Gasteiger partial charge in [0.25, 0.3) is 0 Å². The molecule has 5 nitrogen and oxygen atoms in total. The Labute approximate surface area is 169 Å². The fraction of sp³-hybridized carbons (Fsp3) is 0.150. The van der Waals surface area contributed by atoms with Crippen molar-refractivity contribution in [3.05, 3.63) is 70.0 Å². The van der Waals surface area contributed by atoms with E-state index in [0.29, 0.717) is 33.8 Å². The molecular formula is C20H16BrF2N5. The molecule has 0 saturated carbocycles. The van der Waals surface area contributed by atoms with Crippen molar-refractivity contribution in [2.45, 2.75) is 6.42 Å². The molecule has 2 N–H and O–H groups in total. The minimum absolute atomic E-state index is 0.0238. The van der Waals surface area contributed by atoms with Gasteiger partial charge in [-0.05, 0) is 30.7 Å². The number of aromatic nitrogens is 2. The fourth-order valence-corrected chi connectivity index (χ4v) is 3.15. The molecule has 0 spiro atoms. The number of benzene rings is 2. The summed E-state index contributed by atoms with van der Waals surface area (Å²) >= 11 is 3.07. The Morgan fingerprint density at radius 1 is 1.11 bits per heavy atom. The first-order valence-corrected chi connectivity index (χ1v) is 9.22. The minimum Gasteiger partial charge on any atom is -0.387 e. The Morgan fingerprint density at radius 3 is 2.54 bits per heavy atom. The summed E-state index contributed by atoms with van der Waals surface area (Å²) < 4.78 is 28.2. The molecule has 3 rings (SSSR count). The second-order valence-corrected chi connectivity index (χ2v) is 6.85. The van der Waals surface area contributed by atoms with Gasteiger partial charge in [0.2, 0.25) is 0 Å². The molecule has 0 fully saturated rings. The lowest BCUT2D eigenvalue weighted by Crippen LogP contribution is -2.09. The smallest absolute Gasteiger partial charge is 0.130 e. The van der Waals surface area contributed by atoms with E-state index in [1.165, 1.54) is 18.5 Å². The highest BCUT2D eigenvalue weighted by atomic mass is 79.9. The molecule has 3 aromatic rings. The van der Waals surface area contributed by atoms with Crippen molar-refractivity contribution in [1.29, 1.82) is 5.26 Å². The third-order valence-electron chi connectivity index (χ3n) is 4.16. The summed E-state index contributed by atoms with van der Waals surface area (Å²) in [6, 6.07) is 11.7. The van der Waals surface area contributed by atoms with E-state index >= 15 is 0 Å². The van der Waals surface area contributed by atoms with E-state index in [4.69, 9.17) is 5.26 Å². The largest absolute Gasteiger partial charge is 0.387 e. The van der Waals surface area contributed by atoms with Gasteiger partial charge in [-0.25, -0.2) is 18.7 Å². The first-order chi connectivity index (χ1) is 13.5. The predicted octanol–water partition coefficient (Wildman–Crippen LogP) is 4.75. The number of hydrogen-bond acceptors (Lipinski definition) is 5. The highest BCUT2D eigenvalue weighted by Crippen LogP contribution is 2.25. The Hall–Kier alpha value is -3.05. The first kappa shape index (κ1) is 19.7. The summed E-state index contributed by atoms with van der Waals surface area (Å²) in [7, 11) is 1.74. The van der Waals surface area contributed by atoms with Gasteiger partial charge < -0.3 is 10.6 Å². The molecule has 8 heteroatoms. The molecule has 0 amide bonds. The highest BCUT2D eigenvalue weighted by molar-refractivity contribution is 9.10. The van der Waals surface area contributed by atoms with Crippen LogP contribution >= 0.6 is 15.9 Å². The maximum absolute atomic E-state index is 13.9. The lowest BCUT2D eigenvalue weighted by Gasteiger charge is -2.10. The molecule has 142 valence electrons. The van der Waals surface area contributed by atoms with Gasteiger partial charge in [0.15, 0.2) is 0 Å². The summed E-state index contributed by atoms with van der Waals surface area (Å²) in [5.41, 5.74) is 2.75. The summed E-state index contributed by atoms with van der Waals surface area (Å²) in [6.45, 7) is 0.307. The minimum atomic E-state index is -0.589. The van der Waals surface area contributed by atoms with Gasteiger partial charge in [0, 0.05) is 35.3 Å². The average Bonchev–Trinajstić information content (AvgIpc) is 2.69. The SMILES string of the molecule is CNc1cc(-c2cc(NCCc3c(F)cc(Br)cc3F)ncn2)ccc1C#N. The van der Waals surface area contributed by atoms with Crippen LogP contribution in [0, 0.1) is 23.0 Å². The van der Waals surface area contributed by atoms with E-state index in [0.717, 1.165) is 5.56 Å². The van der Waals surface area contributed by atoms with Crippen molar-refractivity contribution < 1.29 is 8.78 Å². The monoisotopic (exact) mass is 443 g/mol. The lowest BCUT2D eigenvalue weighted by molar-refractivity contribution is 0.555. The molecule has 2 aromatic carbocycles. The molecule has 0 saturated heterocycles. The quantitative estimate of drug-likeness (QED) is 0.574. The molecule has 0 unspecified atom stereocenters. The van der Waals surface area contributed by atoms with Crippen LogP contribution in [0.15, 0.2) is 47.2 Å². The first-order valence-electron chi connectivity index (χ1n) is 8.43. The van der Waals surface area contributed by atoms with Gasteiger partial charge in [-0.2, -0.15) is 5.26 Å². The van der Waals surface area contributed by atoms with Crippen molar-refractivity contribution >= 4 is 27.4 Å². The number of rotatable bonds is 6. The van der Waals surface area contributed by atoms with E-state index in [1.54, 1.807) is 25.2 Å². The summed E-state index contributed by atoms with van der Waals surface area (Å²) in [4.78, 5) is 8.40. The molecule has 1 aromatic heterocycles. The molecule has 0 aliphatic rings. The van der Waals surface area contributed by atoms with Crippen LogP contribution in [0.2, 0.25) is 0 Å². The van der Waals surface area contributed by atoms with Crippen molar-refractivity contribution in [2.24, 2.45) is 0 Å². The van der Waals surface area contributed by atoms with E-state index in [9.17, 15) is 8.78 Å². The summed E-state index contributed by atoms with van der Waals surface area (Å²) in [5, 5.41) is 15.2. The molecule has 0 aliphatic heterocycles. The van der Waals surface area contributed by atoms with E-state index in [-0.39, 0.29) is 12.0 Å². The highest BCUT2D eigenvalue weighted by Gasteiger charge is 2.11. The standard InChI is InChI=1S/C20H16BrF2N5/c1-25-18-6-12(2-3-13(18)10-24)19-9-20(28-11-27-19)26-5-4-15-16(22)7-14(21)8-17(15)23/h2-3,6-9,11,25H,4-5H2,1H3,(H,26,27,28). The van der Waals surface area contributed by atoms with Gasteiger partial charge in [-0.1, -0.05) is 22.0 Å². The topological polar surface area (TPSA) is 73.6 Å². The van der Waals surface area contributed by atoms with Gasteiger partial charge in [0.1, 0.15) is 29.8 Å². The number of nitrogens with one attached hydrogen (secondary N) is 2. The number of hydrogen-bond donors (Lipinski definition) is 2. The number of nitriles is 1. The van der Waals surface area contributed by atoms with Crippen LogP contribution in [0.4, 0.5) is 20.3 Å². The van der Waals surface area contributed by atoms with Crippen LogP contribution in [-0.4, -0.2) is 23.6 Å². The van der Waals surface area contributed by atoms with Crippen molar-refractivity contribution in [3.63, 3.8) is 0 Å². The van der Waals surface area contributed by atoms with Gasteiger partial charge in [-0.15, -0.1) is 0 Å². The predicted molar refractivity (Wildman–Crippen MR) is 108 cm³/mol. The second-order valence-electron chi connectivity index (χ2n) is 5.94. The Kier molecular flexibility index (Phi) is 6.16. The normalized spacial score (nSPS) is 10.4. The number of nitrogens with zero attached hydrogens (tertiary/aromatic N) is 3. The van der Waals surface area contributed by atoms with Crippen LogP contribution in [0.1, 0.15) is 11.1 Å². The Bertz CT molecular complexity index is 1030. The third-order valence-corrected chi connectivity index (χ3v) is 4.62. The zero-order valence-electron chi connectivity index (χ0n) is 14.9. The zero-order valence-corrected chi connectivity index (χ0v) is 16.5. The van der Waals surface area contributed by atoms with E-state index in [2.05, 4.69) is 42.6 Å². The summed E-state index contributed by atoms with van der Waals surface area (Å²) in [6.07, 6.45) is 1.58. The van der Waals surface area contributed by atoms with Crippen LogP contribution in [0.5, 0.6) is 0 Å². The molecule has 0 atom stereocenters. The van der Waals surface area contributed by atoms with Gasteiger partial charge >= 0.3 is 0 Å². The van der Waals surface area contributed by atoms with Crippen LogP contribution < -0.4 is 10.6 Å². The van der Waals surface area contributed by atoms with Crippen LogP contribution in [0.3, 0.4) is 0 Å². The molecule has 0 aliphatic carbocycles. The molecular weight excluding hydrogens is 428 g/mol. The molecule has 0 bridgehead atoms. The van der Waals surface area contributed by atoms with Gasteiger partial charge in [-0.3, -0.25) is 0 Å². The zero-order chi connectivity index (χ0) is 20.1. The number of anilines is 2. The maximum atomic E-state index is 13.9. The maximum Gasteiger partial charge on any atom is 0.130 e.